The summed E-state index contributed by atoms with van der Waals surface area (Å²) in [6.45, 7) is 10.3. The Morgan fingerprint density at radius 3 is 3.00 bits per heavy atom. The molecule has 0 aromatic carbocycles. The Labute approximate surface area is 115 Å². The first-order chi connectivity index (χ1) is 8.88. The summed E-state index contributed by atoms with van der Waals surface area (Å²) >= 11 is 1.94. The number of hydrogen-bond donors (Lipinski definition) is 2. The minimum absolute atomic E-state index is 1.02. The molecule has 0 amide bonds. The van der Waals surface area contributed by atoms with Gasteiger partial charge in [-0.15, -0.1) is 11.3 Å². The van der Waals surface area contributed by atoms with Crippen molar-refractivity contribution in [1.29, 1.82) is 0 Å². The van der Waals surface area contributed by atoms with Crippen LogP contribution in [-0.2, 0) is 13.0 Å². The van der Waals surface area contributed by atoms with E-state index in [9.17, 15) is 0 Å². The molecule has 1 aromatic heterocycles. The molecule has 2 rings (SSSR count). The van der Waals surface area contributed by atoms with E-state index in [0.717, 1.165) is 26.1 Å². The second-order valence-corrected chi connectivity index (χ2v) is 6.10. The molecule has 1 aliphatic rings. The van der Waals surface area contributed by atoms with E-state index in [4.69, 9.17) is 0 Å². The van der Waals surface area contributed by atoms with Crippen LogP contribution in [-0.4, -0.2) is 44.2 Å². The maximum Gasteiger partial charge on any atom is 0.0300 e. The van der Waals surface area contributed by atoms with Crippen molar-refractivity contribution >= 4 is 11.3 Å². The van der Waals surface area contributed by atoms with Crippen LogP contribution >= 0.6 is 11.3 Å². The van der Waals surface area contributed by atoms with E-state index in [1.807, 2.05) is 11.3 Å². The van der Waals surface area contributed by atoms with E-state index in [-0.39, 0.29) is 0 Å². The lowest BCUT2D eigenvalue weighted by Crippen LogP contribution is -2.34. The summed E-state index contributed by atoms with van der Waals surface area (Å²) in [7, 11) is 0. The standard InChI is InChI=1S/C14H25N3S/c1-2-13-4-5-14(18-13)12-16-8-11-17-9-3-6-15-7-10-17/h4-5,15-16H,2-3,6-12H2,1H3. The molecule has 2 N–H and O–H groups in total. The Balaban J connectivity index is 1.60. The highest BCUT2D eigenvalue weighted by Gasteiger charge is 2.07. The van der Waals surface area contributed by atoms with Gasteiger partial charge in [0.1, 0.15) is 0 Å². The number of aryl methyl sites for hydroxylation is 1. The minimum Gasteiger partial charge on any atom is -0.315 e. The topological polar surface area (TPSA) is 27.3 Å². The molecular formula is C14H25N3S. The monoisotopic (exact) mass is 267 g/mol. The summed E-state index contributed by atoms with van der Waals surface area (Å²) < 4.78 is 0. The Bertz CT molecular complexity index is 330. The number of nitrogens with one attached hydrogen (secondary N) is 2. The largest absolute Gasteiger partial charge is 0.315 e. The van der Waals surface area contributed by atoms with Gasteiger partial charge in [0.2, 0.25) is 0 Å². The van der Waals surface area contributed by atoms with E-state index in [1.165, 1.54) is 42.4 Å². The fraction of sp³-hybridized carbons (Fsp3) is 0.714. The van der Waals surface area contributed by atoms with Crippen molar-refractivity contribution in [3.8, 4) is 0 Å². The van der Waals surface area contributed by atoms with Crippen LogP contribution in [0.2, 0.25) is 0 Å². The molecule has 18 heavy (non-hydrogen) atoms. The highest BCUT2D eigenvalue weighted by Crippen LogP contribution is 2.16. The lowest BCUT2D eigenvalue weighted by Gasteiger charge is -2.19. The fourth-order valence-corrected chi connectivity index (χ4v) is 3.21. The van der Waals surface area contributed by atoms with Crippen LogP contribution in [0.25, 0.3) is 0 Å². The summed E-state index contributed by atoms with van der Waals surface area (Å²) in [5.41, 5.74) is 0. The molecule has 0 atom stereocenters. The zero-order chi connectivity index (χ0) is 12.6. The normalized spacial score (nSPS) is 17.8. The van der Waals surface area contributed by atoms with Gasteiger partial charge in [0, 0.05) is 42.5 Å². The molecule has 2 heterocycles. The summed E-state index contributed by atoms with van der Waals surface area (Å²) in [6.07, 6.45) is 2.44. The molecule has 4 heteroatoms. The molecule has 1 saturated heterocycles. The number of nitrogens with zero attached hydrogens (tertiary/aromatic N) is 1. The Kier molecular flexibility index (Phi) is 6.14. The quantitative estimate of drug-likeness (QED) is 0.768. The summed E-state index contributed by atoms with van der Waals surface area (Å²) in [6, 6.07) is 4.51. The lowest BCUT2D eigenvalue weighted by atomic mass is 10.3. The SMILES string of the molecule is CCc1ccc(CNCCN2CCCNCC2)s1. The van der Waals surface area contributed by atoms with Crippen LogP contribution < -0.4 is 10.6 Å². The second kappa shape index (κ2) is 7.89. The highest BCUT2D eigenvalue weighted by atomic mass is 32.1. The van der Waals surface area contributed by atoms with Crippen molar-refractivity contribution in [2.24, 2.45) is 0 Å². The number of thiophene rings is 1. The van der Waals surface area contributed by atoms with Crippen LogP contribution in [0.5, 0.6) is 0 Å². The number of hydrogen-bond acceptors (Lipinski definition) is 4. The van der Waals surface area contributed by atoms with Crippen LogP contribution in [0, 0.1) is 0 Å². The van der Waals surface area contributed by atoms with Crippen LogP contribution in [0.1, 0.15) is 23.1 Å². The van der Waals surface area contributed by atoms with Gasteiger partial charge < -0.3 is 15.5 Å². The molecule has 0 bridgehead atoms. The van der Waals surface area contributed by atoms with E-state index in [1.54, 1.807) is 0 Å². The van der Waals surface area contributed by atoms with Gasteiger partial charge >= 0.3 is 0 Å². The van der Waals surface area contributed by atoms with Crippen molar-refractivity contribution < 1.29 is 0 Å². The third kappa shape index (κ3) is 4.69. The molecule has 1 aliphatic heterocycles. The average molecular weight is 267 g/mol. The van der Waals surface area contributed by atoms with E-state index < -0.39 is 0 Å². The van der Waals surface area contributed by atoms with Crippen molar-refractivity contribution in [3.63, 3.8) is 0 Å². The maximum atomic E-state index is 3.56. The molecule has 0 spiro atoms. The van der Waals surface area contributed by atoms with Gasteiger partial charge in [0.05, 0.1) is 0 Å². The van der Waals surface area contributed by atoms with Crippen LogP contribution in [0.3, 0.4) is 0 Å². The van der Waals surface area contributed by atoms with E-state index in [0.29, 0.717) is 0 Å². The van der Waals surface area contributed by atoms with Crippen molar-refractivity contribution in [2.75, 3.05) is 39.3 Å². The van der Waals surface area contributed by atoms with Gasteiger partial charge in [-0.2, -0.15) is 0 Å². The van der Waals surface area contributed by atoms with Crippen LogP contribution in [0.15, 0.2) is 12.1 Å². The second-order valence-electron chi connectivity index (χ2n) is 4.84. The Hall–Kier alpha value is -0.420. The Morgan fingerprint density at radius 1 is 1.28 bits per heavy atom. The molecule has 0 aliphatic carbocycles. The van der Waals surface area contributed by atoms with E-state index >= 15 is 0 Å². The molecule has 3 nitrogen and oxygen atoms in total. The first kappa shape index (κ1) is 14.0. The van der Waals surface area contributed by atoms with E-state index in [2.05, 4.69) is 34.6 Å². The van der Waals surface area contributed by atoms with Gasteiger partial charge in [0.15, 0.2) is 0 Å². The first-order valence-electron chi connectivity index (χ1n) is 7.10. The predicted molar refractivity (Wildman–Crippen MR) is 79.3 cm³/mol. The summed E-state index contributed by atoms with van der Waals surface area (Å²) in [5.74, 6) is 0. The molecule has 102 valence electrons. The van der Waals surface area contributed by atoms with Crippen molar-refractivity contribution in [1.82, 2.24) is 15.5 Å². The molecule has 1 fully saturated rings. The highest BCUT2D eigenvalue weighted by molar-refractivity contribution is 7.11. The van der Waals surface area contributed by atoms with Crippen molar-refractivity contribution in [3.05, 3.63) is 21.9 Å². The zero-order valence-corrected chi connectivity index (χ0v) is 12.2. The molecule has 0 saturated carbocycles. The number of rotatable bonds is 6. The van der Waals surface area contributed by atoms with Crippen LogP contribution in [0.4, 0.5) is 0 Å². The maximum absolute atomic E-state index is 3.56. The molecule has 0 radical (unpaired) electrons. The summed E-state index contributed by atoms with van der Waals surface area (Å²) in [4.78, 5) is 5.51. The third-order valence-electron chi connectivity index (χ3n) is 3.40. The average Bonchev–Trinajstić information content (AvgIpc) is 2.70. The third-order valence-corrected chi connectivity index (χ3v) is 4.63. The van der Waals surface area contributed by atoms with Gasteiger partial charge in [-0.05, 0) is 38.1 Å². The lowest BCUT2D eigenvalue weighted by molar-refractivity contribution is 0.291. The summed E-state index contributed by atoms with van der Waals surface area (Å²) in [5, 5.41) is 7.00. The first-order valence-corrected chi connectivity index (χ1v) is 7.91. The molecule has 0 unspecified atom stereocenters. The zero-order valence-electron chi connectivity index (χ0n) is 11.4. The van der Waals surface area contributed by atoms with Gasteiger partial charge in [-0.25, -0.2) is 0 Å². The van der Waals surface area contributed by atoms with Gasteiger partial charge in [-0.1, -0.05) is 6.92 Å². The molecule has 1 aromatic rings. The van der Waals surface area contributed by atoms with Crippen molar-refractivity contribution in [2.45, 2.75) is 26.3 Å². The fourth-order valence-electron chi connectivity index (χ4n) is 2.28. The van der Waals surface area contributed by atoms with Gasteiger partial charge in [-0.3, -0.25) is 0 Å². The smallest absolute Gasteiger partial charge is 0.0300 e. The van der Waals surface area contributed by atoms with Gasteiger partial charge in [0.25, 0.3) is 0 Å². The predicted octanol–water partition coefficient (Wildman–Crippen LogP) is 1.70. The Morgan fingerprint density at radius 2 is 2.17 bits per heavy atom. The minimum atomic E-state index is 1.02. The molecular weight excluding hydrogens is 242 g/mol.